The summed E-state index contributed by atoms with van der Waals surface area (Å²) in [7, 11) is 0. The van der Waals surface area contributed by atoms with Crippen LogP contribution in [0.5, 0.6) is 0 Å². The second kappa shape index (κ2) is 44.9. The van der Waals surface area contributed by atoms with Gasteiger partial charge in [-0.05, 0) is 70.6 Å². The summed E-state index contributed by atoms with van der Waals surface area (Å²) < 4.78 is 5.89. The van der Waals surface area contributed by atoms with Crippen molar-refractivity contribution in [2.45, 2.75) is 257 Å². The number of esters is 1. The van der Waals surface area contributed by atoms with Gasteiger partial charge in [-0.25, -0.2) is 0 Å². The van der Waals surface area contributed by atoms with Gasteiger partial charge in [-0.1, -0.05) is 204 Å². The van der Waals surface area contributed by atoms with Gasteiger partial charge in [0, 0.05) is 6.42 Å². The molecule has 6 heteroatoms. The molecule has 0 rings (SSSR count). The molecule has 0 aliphatic heterocycles. The van der Waals surface area contributed by atoms with Crippen LogP contribution in [-0.2, 0) is 14.3 Å². The molecule has 0 heterocycles. The summed E-state index contributed by atoms with van der Waals surface area (Å²) >= 11 is 0. The van der Waals surface area contributed by atoms with Crippen molar-refractivity contribution >= 4 is 11.9 Å². The summed E-state index contributed by atoms with van der Waals surface area (Å²) in [5.41, 5.74) is 0. The Bertz CT molecular complexity index is 988. The van der Waals surface area contributed by atoms with Crippen LogP contribution in [0.25, 0.3) is 0 Å². The van der Waals surface area contributed by atoms with E-state index in [4.69, 9.17) is 4.74 Å². The van der Waals surface area contributed by atoms with Gasteiger partial charge in [0.1, 0.15) is 6.10 Å². The highest BCUT2D eigenvalue weighted by atomic mass is 16.5. The van der Waals surface area contributed by atoms with Crippen molar-refractivity contribution in [3.8, 4) is 0 Å². The van der Waals surface area contributed by atoms with Crippen molar-refractivity contribution < 1.29 is 24.5 Å². The number of amides is 1. The minimum atomic E-state index is -0.794. The molecular weight excluding hydrogens is 707 g/mol. The Labute approximate surface area is 353 Å². The predicted molar refractivity (Wildman–Crippen MR) is 245 cm³/mol. The molecule has 0 aromatic rings. The van der Waals surface area contributed by atoms with Gasteiger partial charge in [0.05, 0.1) is 25.2 Å². The fourth-order valence-electron chi connectivity index (χ4n) is 7.25. The minimum Gasteiger partial charge on any atom is -0.462 e. The lowest BCUT2D eigenvalue weighted by Crippen LogP contribution is -2.46. The van der Waals surface area contributed by atoms with Crippen LogP contribution in [0.2, 0.25) is 0 Å². The lowest BCUT2D eigenvalue weighted by atomic mass is 10.0. The zero-order chi connectivity index (χ0) is 41.7. The molecule has 1 amide bonds. The van der Waals surface area contributed by atoms with Crippen molar-refractivity contribution in [1.82, 2.24) is 5.32 Å². The van der Waals surface area contributed by atoms with Gasteiger partial charge in [-0.2, -0.15) is 0 Å². The Morgan fingerprint density at radius 2 is 0.965 bits per heavy atom. The van der Waals surface area contributed by atoms with Crippen LogP contribution in [0.1, 0.15) is 239 Å². The number of rotatable bonds is 43. The second-order valence-electron chi connectivity index (χ2n) is 16.5. The molecular formula is C51H93NO5. The summed E-state index contributed by atoms with van der Waals surface area (Å²) in [5.74, 6) is -0.513. The zero-order valence-corrected chi connectivity index (χ0v) is 37.7. The molecule has 0 aromatic carbocycles. The third-order valence-electron chi connectivity index (χ3n) is 11.0. The molecule has 3 N–H and O–H groups in total. The number of hydrogen-bond donors (Lipinski definition) is 3. The molecule has 332 valence electrons. The number of carbonyl (C=O) groups excluding carboxylic acids is 2. The van der Waals surface area contributed by atoms with E-state index < -0.39 is 18.2 Å². The average molecular weight is 800 g/mol. The van der Waals surface area contributed by atoms with Gasteiger partial charge in [0.15, 0.2) is 0 Å². The summed E-state index contributed by atoms with van der Waals surface area (Å²) in [6.45, 7) is 6.31. The Balaban J connectivity index is 4.53. The van der Waals surface area contributed by atoms with Gasteiger partial charge in [-0.3, -0.25) is 9.59 Å². The van der Waals surface area contributed by atoms with E-state index >= 15 is 0 Å². The standard InChI is InChI=1S/C51H93NO5/c1-4-7-10-13-16-19-22-24-25-27-28-31-34-37-40-43-49(54)48(46-53)52-50(55)45-47(42-39-36-33-30-21-18-15-12-9-6-3)57-51(56)44-41-38-35-32-29-26-23-20-17-14-11-8-5-2/h8,11,14,17-18,20-21,23,47-49,53-54H,4-7,9-10,12-13,15-16,19,22,24-46H2,1-3H3,(H,52,55)/b11-8+,17-14+,21-18-,23-20-. The summed E-state index contributed by atoms with van der Waals surface area (Å²) in [4.78, 5) is 26.0. The fraction of sp³-hybridized carbons (Fsp3) is 0.804. The Kier molecular flexibility index (Phi) is 43.2. The summed E-state index contributed by atoms with van der Waals surface area (Å²) in [6, 6.07) is -0.709. The SMILES string of the molecule is CC/C=C/C=C/C=C\CCCCCCCC(=O)OC(CCCCC/C=C\CCCCC)CC(=O)NC(CO)C(O)CCCCCCCCCCCCCCCCC. The maximum atomic E-state index is 13.1. The molecule has 0 aliphatic rings. The van der Waals surface area contributed by atoms with E-state index in [-0.39, 0.29) is 24.9 Å². The number of ether oxygens (including phenoxy) is 1. The largest absolute Gasteiger partial charge is 0.462 e. The number of nitrogens with one attached hydrogen (secondary N) is 1. The monoisotopic (exact) mass is 800 g/mol. The van der Waals surface area contributed by atoms with Gasteiger partial charge in [0.2, 0.25) is 5.91 Å². The third kappa shape index (κ3) is 40.4. The Morgan fingerprint density at radius 3 is 1.53 bits per heavy atom. The van der Waals surface area contributed by atoms with Gasteiger partial charge >= 0.3 is 5.97 Å². The highest BCUT2D eigenvalue weighted by molar-refractivity contribution is 5.77. The Hall–Kier alpha value is -2.18. The molecule has 0 aromatic heterocycles. The normalized spacial score (nSPS) is 13.7. The molecule has 0 bridgehead atoms. The van der Waals surface area contributed by atoms with E-state index in [1.807, 2.05) is 0 Å². The second-order valence-corrected chi connectivity index (χ2v) is 16.5. The number of aliphatic hydroxyl groups excluding tert-OH is 2. The molecule has 0 spiro atoms. The van der Waals surface area contributed by atoms with Crippen molar-refractivity contribution in [2.75, 3.05) is 6.61 Å². The van der Waals surface area contributed by atoms with Crippen molar-refractivity contribution in [2.24, 2.45) is 0 Å². The molecule has 6 nitrogen and oxygen atoms in total. The van der Waals surface area contributed by atoms with Crippen molar-refractivity contribution in [3.05, 3.63) is 48.6 Å². The number of allylic oxidation sites excluding steroid dienone is 8. The predicted octanol–water partition coefficient (Wildman–Crippen LogP) is 14.3. The Morgan fingerprint density at radius 1 is 0.526 bits per heavy atom. The summed E-state index contributed by atoms with van der Waals surface area (Å²) in [5, 5.41) is 23.7. The van der Waals surface area contributed by atoms with Crippen LogP contribution in [0, 0.1) is 0 Å². The van der Waals surface area contributed by atoms with Gasteiger partial charge in [0.25, 0.3) is 0 Å². The lowest BCUT2D eigenvalue weighted by molar-refractivity contribution is -0.151. The number of hydrogen-bond acceptors (Lipinski definition) is 5. The van der Waals surface area contributed by atoms with E-state index in [0.29, 0.717) is 19.3 Å². The van der Waals surface area contributed by atoms with Crippen LogP contribution >= 0.6 is 0 Å². The van der Waals surface area contributed by atoms with Crippen LogP contribution in [0.4, 0.5) is 0 Å². The van der Waals surface area contributed by atoms with Gasteiger partial charge in [-0.15, -0.1) is 0 Å². The van der Waals surface area contributed by atoms with Gasteiger partial charge < -0.3 is 20.3 Å². The third-order valence-corrected chi connectivity index (χ3v) is 11.0. The van der Waals surface area contributed by atoms with Crippen molar-refractivity contribution in [3.63, 3.8) is 0 Å². The zero-order valence-electron chi connectivity index (χ0n) is 37.7. The highest BCUT2D eigenvalue weighted by Gasteiger charge is 2.24. The first-order valence-electron chi connectivity index (χ1n) is 24.4. The maximum absolute atomic E-state index is 13.1. The van der Waals surface area contributed by atoms with E-state index in [1.165, 1.54) is 96.3 Å². The maximum Gasteiger partial charge on any atom is 0.306 e. The first-order chi connectivity index (χ1) is 28.0. The molecule has 0 fully saturated rings. The summed E-state index contributed by atoms with van der Waals surface area (Å²) in [6.07, 6.45) is 53.1. The molecule has 0 saturated carbocycles. The highest BCUT2D eigenvalue weighted by Crippen LogP contribution is 2.17. The van der Waals surface area contributed by atoms with Crippen LogP contribution in [0.15, 0.2) is 48.6 Å². The fourth-order valence-corrected chi connectivity index (χ4v) is 7.25. The van der Waals surface area contributed by atoms with E-state index in [1.54, 1.807) is 0 Å². The topological polar surface area (TPSA) is 95.9 Å². The number of unbranched alkanes of at least 4 members (excludes halogenated alkanes) is 25. The quantitative estimate of drug-likeness (QED) is 0.0247. The minimum absolute atomic E-state index is 0.0584. The first kappa shape index (κ1) is 54.8. The number of aliphatic hydroxyl groups is 2. The van der Waals surface area contributed by atoms with Crippen LogP contribution in [-0.4, -0.2) is 46.9 Å². The molecule has 3 atom stereocenters. The molecule has 0 radical (unpaired) electrons. The molecule has 0 aliphatic carbocycles. The molecule has 3 unspecified atom stereocenters. The first-order valence-corrected chi connectivity index (χ1v) is 24.4. The van der Waals surface area contributed by atoms with Crippen LogP contribution in [0.3, 0.4) is 0 Å². The van der Waals surface area contributed by atoms with E-state index in [0.717, 1.165) is 96.3 Å². The molecule has 57 heavy (non-hydrogen) atoms. The van der Waals surface area contributed by atoms with E-state index in [2.05, 4.69) is 74.7 Å². The van der Waals surface area contributed by atoms with Crippen LogP contribution < -0.4 is 5.32 Å². The molecule has 0 saturated heterocycles. The van der Waals surface area contributed by atoms with E-state index in [9.17, 15) is 19.8 Å². The average Bonchev–Trinajstić information content (AvgIpc) is 3.20. The smallest absolute Gasteiger partial charge is 0.306 e. The number of carbonyl (C=O) groups is 2. The van der Waals surface area contributed by atoms with Crippen molar-refractivity contribution in [1.29, 1.82) is 0 Å². The lowest BCUT2D eigenvalue weighted by Gasteiger charge is -2.24.